The highest BCUT2D eigenvalue weighted by Gasteiger charge is 2.32. The third kappa shape index (κ3) is 2.48. The molecule has 14 heavy (non-hydrogen) atoms. The molecule has 0 aromatic rings. The monoisotopic (exact) mass is 197 g/mol. The van der Waals surface area contributed by atoms with E-state index in [0.29, 0.717) is 6.10 Å². The first-order valence-corrected chi connectivity index (χ1v) is 6.16. The van der Waals surface area contributed by atoms with Crippen molar-refractivity contribution in [1.29, 1.82) is 0 Å². The van der Waals surface area contributed by atoms with Crippen LogP contribution in [0.1, 0.15) is 39.5 Å². The van der Waals surface area contributed by atoms with Gasteiger partial charge in [0.05, 0.1) is 6.10 Å². The van der Waals surface area contributed by atoms with Crippen molar-refractivity contribution in [3.05, 3.63) is 0 Å². The lowest BCUT2D eigenvalue weighted by Crippen LogP contribution is -2.33. The molecular formula is C12H23NO. The predicted octanol–water partition coefficient (Wildman–Crippen LogP) is 2.19. The Morgan fingerprint density at radius 3 is 2.79 bits per heavy atom. The van der Waals surface area contributed by atoms with Crippen LogP contribution in [0.25, 0.3) is 0 Å². The highest BCUT2D eigenvalue weighted by atomic mass is 16.5. The van der Waals surface area contributed by atoms with Gasteiger partial charge in [-0.25, -0.2) is 0 Å². The van der Waals surface area contributed by atoms with Crippen molar-refractivity contribution in [2.45, 2.75) is 51.7 Å². The number of ether oxygens (including phenoxy) is 1. The van der Waals surface area contributed by atoms with Crippen LogP contribution < -0.4 is 5.32 Å². The summed E-state index contributed by atoms with van der Waals surface area (Å²) >= 11 is 0. The molecule has 0 radical (unpaired) electrons. The van der Waals surface area contributed by atoms with Gasteiger partial charge in [-0.2, -0.15) is 0 Å². The Morgan fingerprint density at radius 1 is 1.36 bits per heavy atom. The summed E-state index contributed by atoms with van der Waals surface area (Å²) in [6, 6.07) is 0.841. The van der Waals surface area contributed by atoms with Gasteiger partial charge in [0.1, 0.15) is 0 Å². The van der Waals surface area contributed by atoms with Gasteiger partial charge in [-0.05, 0) is 25.2 Å². The van der Waals surface area contributed by atoms with Crippen LogP contribution in [0.15, 0.2) is 0 Å². The molecular weight excluding hydrogens is 174 g/mol. The maximum absolute atomic E-state index is 5.83. The fraction of sp³-hybridized carbons (Fsp3) is 1.00. The minimum Gasteiger partial charge on any atom is -0.378 e. The molecule has 0 aromatic heterocycles. The maximum atomic E-state index is 5.83. The van der Waals surface area contributed by atoms with Gasteiger partial charge in [-0.3, -0.25) is 0 Å². The third-order valence-electron chi connectivity index (χ3n) is 3.71. The second kappa shape index (κ2) is 4.63. The van der Waals surface area contributed by atoms with Crippen molar-refractivity contribution >= 4 is 0 Å². The molecule has 0 aromatic carbocycles. The molecule has 1 heterocycles. The summed E-state index contributed by atoms with van der Waals surface area (Å²) < 4.78 is 5.83. The SMILES string of the molecule is CCC(C)C1OCCC1CNC1CC1. The molecule has 1 N–H and O–H groups in total. The molecule has 0 spiro atoms. The summed E-state index contributed by atoms with van der Waals surface area (Å²) in [6.07, 6.45) is 5.80. The zero-order valence-corrected chi connectivity index (χ0v) is 9.46. The van der Waals surface area contributed by atoms with Gasteiger partial charge in [-0.1, -0.05) is 20.3 Å². The molecule has 2 aliphatic rings. The topological polar surface area (TPSA) is 21.3 Å². The van der Waals surface area contributed by atoms with Gasteiger partial charge in [0.2, 0.25) is 0 Å². The van der Waals surface area contributed by atoms with Crippen molar-refractivity contribution < 1.29 is 4.74 Å². The Balaban J connectivity index is 1.76. The van der Waals surface area contributed by atoms with E-state index in [-0.39, 0.29) is 0 Å². The number of hydrogen-bond donors (Lipinski definition) is 1. The fourth-order valence-corrected chi connectivity index (χ4v) is 2.34. The van der Waals surface area contributed by atoms with Crippen molar-refractivity contribution in [3.8, 4) is 0 Å². The molecule has 2 heteroatoms. The maximum Gasteiger partial charge on any atom is 0.0641 e. The first kappa shape index (κ1) is 10.4. The molecule has 1 aliphatic carbocycles. The molecule has 2 nitrogen and oxygen atoms in total. The largest absolute Gasteiger partial charge is 0.378 e. The average molecular weight is 197 g/mol. The van der Waals surface area contributed by atoms with Crippen LogP contribution in [0.5, 0.6) is 0 Å². The smallest absolute Gasteiger partial charge is 0.0641 e. The summed E-state index contributed by atoms with van der Waals surface area (Å²) in [5, 5.41) is 3.63. The highest BCUT2D eigenvalue weighted by molar-refractivity contribution is 4.86. The van der Waals surface area contributed by atoms with Gasteiger partial charge >= 0.3 is 0 Å². The molecule has 1 aliphatic heterocycles. The van der Waals surface area contributed by atoms with Crippen molar-refractivity contribution in [1.82, 2.24) is 5.32 Å². The minimum atomic E-state index is 0.520. The Labute approximate surface area is 87.4 Å². The standard InChI is InChI=1S/C12H23NO/c1-3-9(2)12-10(6-7-14-12)8-13-11-4-5-11/h9-13H,3-8H2,1-2H3. The molecule has 82 valence electrons. The predicted molar refractivity (Wildman–Crippen MR) is 58.3 cm³/mol. The second-order valence-electron chi connectivity index (χ2n) is 4.95. The van der Waals surface area contributed by atoms with Crippen LogP contribution in [0.4, 0.5) is 0 Å². The Hall–Kier alpha value is -0.0800. The highest BCUT2D eigenvalue weighted by Crippen LogP contribution is 2.29. The van der Waals surface area contributed by atoms with Crippen LogP contribution in [0, 0.1) is 11.8 Å². The molecule has 0 bridgehead atoms. The number of hydrogen-bond acceptors (Lipinski definition) is 2. The number of nitrogens with one attached hydrogen (secondary N) is 1. The van der Waals surface area contributed by atoms with Gasteiger partial charge in [0.25, 0.3) is 0 Å². The Kier molecular flexibility index (Phi) is 3.45. The molecule has 0 amide bonds. The lowest BCUT2D eigenvalue weighted by Gasteiger charge is -2.24. The van der Waals surface area contributed by atoms with Crippen LogP contribution >= 0.6 is 0 Å². The first-order valence-electron chi connectivity index (χ1n) is 6.16. The molecule has 3 unspecified atom stereocenters. The normalized spacial score (nSPS) is 34.7. The zero-order valence-electron chi connectivity index (χ0n) is 9.46. The van der Waals surface area contributed by atoms with Crippen LogP contribution in [0.3, 0.4) is 0 Å². The quantitative estimate of drug-likeness (QED) is 0.729. The first-order chi connectivity index (χ1) is 6.81. The molecule has 2 fully saturated rings. The second-order valence-corrected chi connectivity index (χ2v) is 4.95. The van der Waals surface area contributed by atoms with E-state index in [2.05, 4.69) is 19.2 Å². The Morgan fingerprint density at radius 2 is 2.14 bits per heavy atom. The lowest BCUT2D eigenvalue weighted by molar-refractivity contribution is 0.0463. The van der Waals surface area contributed by atoms with Crippen LogP contribution in [-0.4, -0.2) is 25.3 Å². The van der Waals surface area contributed by atoms with Crippen molar-refractivity contribution in [2.75, 3.05) is 13.2 Å². The van der Waals surface area contributed by atoms with Crippen molar-refractivity contribution in [2.24, 2.45) is 11.8 Å². The lowest BCUT2D eigenvalue weighted by atomic mass is 9.90. The molecule has 3 atom stereocenters. The summed E-state index contributed by atoms with van der Waals surface area (Å²) in [6.45, 7) is 6.74. The van der Waals surface area contributed by atoms with E-state index < -0.39 is 0 Å². The Bertz CT molecular complexity index is 179. The van der Waals surface area contributed by atoms with Gasteiger partial charge < -0.3 is 10.1 Å². The summed E-state index contributed by atoms with van der Waals surface area (Å²) in [7, 11) is 0. The van der Waals surface area contributed by atoms with Gasteiger partial charge in [0.15, 0.2) is 0 Å². The average Bonchev–Trinajstić information content (AvgIpc) is 2.92. The van der Waals surface area contributed by atoms with Gasteiger partial charge in [0, 0.05) is 25.1 Å². The van der Waals surface area contributed by atoms with Gasteiger partial charge in [-0.15, -0.1) is 0 Å². The van der Waals surface area contributed by atoms with E-state index in [1.165, 1.54) is 32.2 Å². The fourth-order valence-electron chi connectivity index (χ4n) is 2.34. The van der Waals surface area contributed by atoms with Crippen LogP contribution in [-0.2, 0) is 4.74 Å². The molecule has 1 saturated carbocycles. The summed E-state index contributed by atoms with van der Waals surface area (Å²) in [5.41, 5.74) is 0. The summed E-state index contributed by atoms with van der Waals surface area (Å²) in [4.78, 5) is 0. The van der Waals surface area contributed by atoms with Crippen LogP contribution in [0.2, 0.25) is 0 Å². The number of rotatable bonds is 5. The third-order valence-corrected chi connectivity index (χ3v) is 3.71. The van der Waals surface area contributed by atoms with E-state index in [1.54, 1.807) is 0 Å². The van der Waals surface area contributed by atoms with E-state index in [1.807, 2.05) is 0 Å². The van der Waals surface area contributed by atoms with E-state index in [9.17, 15) is 0 Å². The van der Waals surface area contributed by atoms with Crippen molar-refractivity contribution in [3.63, 3.8) is 0 Å². The summed E-state index contributed by atoms with van der Waals surface area (Å²) in [5.74, 6) is 1.49. The van der Waals surface area contributed by atoms with E-state index in [0.717, 1.165) is 24.5 Å². The molecule has 2 rings (SSSR count). The van der Waals surface area contributed by atoms with E-state index >= 15 is 0 Å². The minimum absolute atomic E-state index is 0.520. The molecule has 1 saturated heterocycles. The van der Waals surface area contributed by atoms with E-state index in [4.69, 9.17) is 4.74 Å². The zero-order chi connectivity index (χ0) is 9.97.